The fourth-order valence-corrected chi connectivity index (χ4v) is 3.02. The summed E-state index contributed by atoms with van der Waals surface area (Å²) in [5, 5.41) is 13.9. The summed E-state index contributed by atoms with van der Waals surface area (Å²) in [6, 6.07) is 9.46. The molecule has 0 radical (unpaired) electrons. The molecule has 1 aromatic heterocycles. The zero-order valence-electron chi connectivity index (χ0n) is 14.2. The van der Waals surface area contributed by atoms with Gasteiger partial charge in [0.1, 0.15) is 16.9 Å². The molecule has 0 bridgehead atoms. The lowest BCUT2D eigenvalue weighted by atomic mass is 10.2. The van der Waals surface area contributed by atoms with Crippen molar-refractivity contribution >= 4 is 28.2 Å². The van der Waals surface area contributed by atoms with Crippen LogP contribution in [0.5, 0.6) is 0 Å². The summed E-state index contributed by atoms with van der Waals surface area (Å²) in [6.45, 7) is 2.08. The molecule has 0 aliphatic carbocycles. The third-order valence-electron chi connectivity index (χ3n) is 3.38. The van der Waals surface area contributed by atoms with E-state index in [1.165, 1.54) is 23.5 Å². The zero-order valence-corrected chi connectivity index (χ0v) is 15.0. The summed E-state index contributed by atoms with van der Waals surface area (Å²) in [5.41, 5.74) is 1.15. The number of thiophene rings is 1. The molecule has 0 aliphatic heterocycles. The number of ether oxygens (including phenoxy) is 1. The highest BCUT2D eigenvalue weighted by molar-refractivity contribution is 7.14. The quantitative estimate of drug-likeness (QED) is 0.718. The first-order valence-electron chi connectivity index (χ1n) is 7.91. The lowest BCUT2D eigenvalue weighted by Gasteiger charge is -2.20. The molecule has 0 saturated heterocycles. The summed E-state index contributed by atoms with van der Waals surface area (Å²) in [6.07, 6.45) is 0. The number of amides is 1. The molecule has 2 aromatic rings. The predicted octanol–water partition coefficient (Wildman–Crippen LogP) is 2.76. The Morgan fingerprint density at radius 2 is 2.00 bits per heavy atom. The number of hydrogen-bond acceptors (Lipinski definition) is 6. The van der Waals surface area contributed by atoms with Crippen molar-refractivity contribution in [2.24, 2.45) is 0 Å². The van der Waals surface area contributed by atoms with Gasteiger partial charge in [-0.15, -0.1) is 11.3 Å². The van der Waals surface area contributed by atoms with Gasteiger partial charge < -0.3 is 10.1 Å². The highest BCUT2D eigenvalue weighted by Gasteiger charge is 2.17. The molecule has 1 heterocycles. The molecule has 136 valence electrons. The van der Waals surface area contributed by atoms with Crippen LogP contribution in [0.25, 0.3) is 0 Å². The van der Waals surface area contributed by atoms with Gasteiger partial charge in [0.15, 0.2) is 0 Å². The van der Waals surface area contributed by atoms with Gasteiger partial charge >= 0.3 is 5.97 Å². The van der Waals surface area contributed by atoms with E-state index in [-0.39, 0.29) is 38.0 Å². The van der Waals surface area contributed by atoms with Crippen LogP contribution in [0.4, 0.5) is 9.39 Å². The number of nitrogens with zero attached hydrogens (tertiary/aromatic N) is 2. The topological polar surface area (TPSA) is 82.4 Å². The first-order valence-corrected chi connectivity index (χ1v) is 8.79. The Morgan fingerprint density at radius 3 is 2.65 bits per heavy atom. The smallest absolute Gasteiger partial charge is 0.320 e. The van der Waals surface area contributed by atoms with E-state index in [0.717, 1.165) is 5.56 Å². The highest BCUT2D eigenvalue weighted by Crippen LogP contribution is 2.22. The van der Waals surface area contributed by atoms with Gasteiger partial charge in [-0.25, -0.2) is 4.39 Å². The molecule has 1 N–H and O–H groups in total. The first-order chi connectivity index (χ1) is 12.5. The van der Waals surface area contributed by atoms with Crippen LogP contribution in [0.15, 0.2) is 35.7 Å². The number of nitrogens with one attached hydrogen (secondary N) is 1. The minimum atomic E-state index is -0.448. The molecule has 1 aromatic carbocycles. The van der Waals surface area contributed by atoms with Crippen molar-refractivity contribution in [3.05, 3.63) is 52.7 Å². The van der Waals surface area contributed by atoms with E-state index in [1.807, 2.05) is 6.07 Å². The number of hydrogen-bond donors (Lipinski definition) is 1. The second-order valence-corrected chi connectivity index (χ2v) is 6.32. The summed E-state index contributed by atoms with van der Waals surface area (Å²) in [4.78, 5) is 25.7. The van der Waals surface area contributed by atoms with E-state index in [4.69, 9.17) is 10.00 Å². The molecular formula is C18H18FN3O3S. The maximum atomic E-state index is 13.1. The molecule has 2 rings (SSSR count). The third-order valence-corrected chi connectivity index (χ3v) is 4.21. The second kappa shape index (κ2) is 9.65. The number of rotatable bonds is 8. The van der Waals surface area contributed by atoms with Crippen LogP contribution in [-0.2, 0) is 20.9 Å². The van der Waals surface area contributed by atoms with Crippen LogP contribution in [0.2, 0.25) is 0 Å². The fraction of sp³-hybridized carbons (Fsp3) is 0.278. The average Bonchev–Trinajstić information content (AvgIpc) is 3.04. The van der Waals surface area contributed by atoms with Crippen molar-refractivity contribution in [3.63, 3.8) is 0 Å². The minimum absolute atomic E-state index is 0.0705. The van der Waals surface area contributed by atoms with E-state index in [0.29, 0.717) is 10.6 Å². The number of carbonyl (C=O) groups is 2. The molecule has 0 spiro atoms. The van der Waals surface area contributed by atoms with Crippen molar-refractivity contribution in [1.29, 1.82) is 5.26 Å². The molecule has 0 unspecified atom stereocenters. The molecule has 0 fully saturated rings. The van der Waals surface area contributed by atoms with Gasteiger partial charge in [-0.1, -0.05) is 12.1 Å². The van der Waals surface area contributed by atoms with E-state index >= 15 is 0 Å². The fourth-order valence-electron chi connectivity index (χ4n) is 2.27. The largest absolute Gasteiger partial charge is 0.465 e. The molecule has 8 heteroatoms. The average molecular weight is 375 g/mol. The van der Waals surface area contributed by atoms with Crippen LogP contribution in [0.3, 0.4) is 0 Å². The molecule has 0 saturated carbocycles. The Kier molecular flexibility index (Phi) is 7.26. The summed E-state index contributed by atoms with van der Waals surface area (Å²) < 4.78 is 18.0. The molecule has 0 atom stereocenters. The zero-order chi connectivity index (χ0) is 18.9. The maximum absolute atomic E-state index is 13.1. The number of halogens is 1. The van der Waals surface area contributed by atoms with Crippen molar-refractivity contribution in [3.8, 4) is 6.07 Å². The molecular weight excluding hydrogens is 357 g/mol. The summed E-state index contributed by atoms with van der Waals surface area (Å²) >= 11 is 1.25. The Hall–Kier alpha value is -2.76. The molecule has 6 nitrogen and oxygen atoms in total. The van der Waals surface area contributed by atoms with Crippen LogP contribution in [0, 0.1) is 17.1 Å². The normalized spacial score (nSPS) is 10.4. The summed E-state index contributed by atoms with van der Waals surface area (Å²) in [7, 11) is 0. The number of anilines is 1. The van der Waals surface area contributed by atoms with Gasteiger partial charge in [-0.05, 0) is 36.1 Å². The number of benzene rings is 1. The third kappa shape index (κ3) is 5.95. The van der Waals surface area contributed by atoms with Crippen molar-refractivity contribution in [2.45, 2.75) is 13.5 Å². The number of esters is 1. The van der Waals surface area contributed by atoms with Crippen LogP contribution < -0.4 is 5.32 Å². The van der Waals surface area contributed by atoms with Gasteiger partial charge in [0.25, 0.3) is 0 Å². The van der Waals surface area contributed by atoms with E-state index < -0.39 is 5.97 Å². The lowest BCUT2D eigenvalue weighted by Crippen LogP contribution is -2.37. The van der Waals surface area contributed by atoms with Gasteiger partial charge in [-0.3, -0.25) is 14.5 Å². The number of nitriles is 1. The maximum Gasteiger partial charge on any atom is 0.320 e. The van der Waals surface area contributed by atoms with E-state index in [1.54, 1.807) is 35.4 Å². The van der Waals surface area contributed by atoms with Gasteiger partial charge in [0, 0.05) is 6.54 Å². The molecule has 26 heavy (non-hydrogen) atoms. The van der Waals surface area contributed by atoms with Crippen LogP contribution in [-0.4, -0.2) is 36.5 Å². The van der Waals surface area contributed by atoms with Crippen molar-refractivity contribution in [1.82, 2.24) is 4.90 Å². The minimum Gasteiger partial charge on any atom is -0.465 e. The van der Waals surface area contributed by atoms with Gasteiger partial charge in [0.05, 0.1) is 25.3 Å². The predicted molar refractivity (Wildman–Crippen MR) is 96.0 cm³/mol. The van der Waals surface area contributed by atoms with E-state index in [9.17, 15) is 14.0 Å². The first kappa shape index (κ1) is 19.6. The van der Waals surface area contributed by atoms with Crippen LogP contribution >= 0.6 is 11.3 Å². The Bertz CT molecular complexity index is 799. The van der Waals surface area contributed by atoms with Crippen molar-refractivity contribution in [2.75, 3.05) is 25.0 Å². The number of carbonyl (C=O) groups excluding carboxylic acids is 2. The van der Waals surface area contributed by atoms with Crippen LogP contribution in [0.1, 0.15) is 18.1 Å². The Labute approximate surface area is 154 Å². The van der Waals surface area contributed by atoms with Gasteiger partial charge in [0.2, 0.25) is 5.91 Å². The van der Waals surface area contributed by atoms with E-state index in [2.05, 4.69) is 5.32 Å². The standard InChI is InChI=1S/C18H18FN3O3S/c1-2-25-17(24)12-22(10-13-3-5-15(19)6-4-13)11-16(23)21-18-14(9-20)7-8-26-18/h3-8H,2,10-12H2,1H3,(H,21,23). The lowest BCUT2D eigenvalue weighted by molar-refractivity contribution is -0.144. The monoisotopic (exact) mass is 375 g/mol. The highest BCUT2D eigenvalue weighted by atomic mass is 32.1. The van der Waals surface area contributed by atoms with Crippen molar-refractivity contribution < 1.29 is 18.7 Å². The van der Waals surface area contributed by atoms with Gasteiger partial charge in [-0.2, -0.15) is 5.26 Å². The Morgan fingerprint density at radius 1 is 1.27 bits per heavy atom. The molecule has 0 aliphatic rings. The SMILES string of the molecule is CCOC(=O)CN(CC(=O)Nc1sccc1C#N)Cc1ccc(F)cc1. The Balaban J connectivity index is 2.04. The molecule has 1 amide bonds. The summed E-state index contributed by atoms with van der Waals surface area (Å²) in [5.74, 6) is -1.16. The second-order valence-electron chi connectivity index (χ2n) is 5.40.